The van der Waals surface area contributed by atoms with Gasteiger partial charge in [-0.05, 0) is 45.6 Å². The minimum Gasteiger partial charge on any atom is -0.380 e. The van der Waals surface area contributed by atoms with Gasteiger partial charge >= 0.3 is 0 Å². The van der Waals surface area contributed by atoms with Crippen LogP contribution in [0, 0.1) is 10.1 Å². The molecule has 112 valence electrons. The fraction of sp³-hybridized carbons (Fsp3) is 0.333. The van der Waals surface area contributed by atoms with Crippen LogP contribution in [0.2, 0.25) is 0 Å². The lowest BCUT2D eigenvalue weighted by molar-refractivity contribution is -0.385. The first kappa shape index (κ1) is 16.0. The predicted octanol–water partition coefficient (Wildman–Crippen LogP) is 5.33. The molecular weight excluding hydrogens is 352 g/mol. The van der Waals surface area contributed by atoms with E-state index in [1.54, 1.807) is 23.5 Å². The highest BCUT2D eigenvalue weighted by molar-refractivity contribution is 9.10. The van der Waals surface area contributed by atoms with Gasteiger partial charge in [0.25, 0.3) is 5.69 Å². The number of hydrogen-bond donors (Lipinski definition) is 1. The molecule has 0 spiro atoms. The summed E-state index contributed by atoms with van der Waals surface area (Å²) in [6, 6.07) is 9.24. The van der Waals surface area contributed by atoms with E-state index in [0.717, 1.165) is 5.69 Å². The van der Waals surface area contributed by atoms with Crippen LogP contribution in [-0.4, -0.2) is 4.92 Å². The average molecular weight is 369 g/mol. The molecule has 0 saturated heterocycles. The van der Waals surface area contributed by atoms with Crippen LogP contribution >= 0.6 is 27.3 Å². The maximum Gasteiger partial charge on any atom is 0.283 e. The molecule has 0 unspecified atom stereocenters. The van der Waals surface area contributed by atoms with Crippen LogP contribution in [0.3, 0.4) is 0 Å². The molecule has 1 aromatic heterocycles. The summed E-state index contributed by atoms with van der Waals surface area (Å²) in [5.41, 5.74) is 1.10. The summed E-state index contributed by atoms with van der Waals surface area (Å²) < 4.78 is 0.485. The van der Waals surface area contributed by atoms with Gasteiger partial charge in [-0.25, -0.2) is 0 Å². The standard InChI is InChI=1S/C15H17BrN2O2S/c1-15(2,3)14-7-5-11(21-14)9-17-10-4-6-13(18(19)20)12(16)8-10/h4-8,17H,9H2,1-3H3. The minimum absolute atomic E-state index is 0.0756. The van der Waals surface area contributed by atoms with Crippen LogP contribution < -0.4 is 5.32 Å². The van der Waals surface area contributed by atoms with Crippen molar-refractivity contribution in [2.24, 2.45) is 0 Å². The SMILES string of the molecule is CC(C)(C)c1ccc(CNc2ccc([N+](=O)[O-])c(Br)c2)s1. The van der Waals surface area contributed by atoms with Gasteiger partial charge < -0.3 is 5.32 Å². The molecule has 0 saturated carbocycles. The molecule has 0 aliphatic heterocycles. The summed E-state index contributed by atoms with van der Waals surface area (Å²) in [5.74, 6) is 0. The number of nitrogens with one attached hydrogen (secondary N) is 1. The van der Waals surface area contributed by atoms with E-state index < -0.39 is 4.92 Å². The summed E-state index contributed by atoms with van der Waals surface area (Å²) in [6.07, 6.45) is 0. The summed E-state index contributed by atoms with van der Waals surface area (Å²) in [5, 5.41) is 14.1. The van der Waals surface area contributed by atoms with Gasteiger partial charge in [-0.3, -0.25) is 10.1 Å². The Bertz CT molecular complexity index is 662. The van der Waals surface area contributed by atoms with Crippen molar-refractivity contribution in [3.05, 3.63) is 54.7 Å². The summed E-state index contributed by atoms with van der Waals surface area (Å²) >= 11 is 5.01. The van der Waals surface area contributed by atoms with Crippen LogP contribution in [0.1, 0.15) is 30.5 Å². The lowest BCUT2D eigenvalue weighted by Crippen LogP contribution is -2.07. The van der Waals surface area contributed by atoms with Gasteiger partial charge in [0, 0.05) is 28.1 Å². The monoisotopic (exact) mass is 368 g/mol. The maximum atomic E-state index is 10.8. The quantitative estimate of drug-likeness (QED) is 0.586. The zero-order valence-corrected chi connectivity index (χ0v) is 14.5. The Hall–Kier alpha value is -1.40. The number of nitro groups is 1. The molecule has 1 aromatic carbocycles. The highest BCUT2D eigenvalue weighted by Crippen LogP contribution is 2.31. The van der Waals surface area contributed by atoms with Gasteiger partial charge in [0.05, 0.1) is 9.40 Å². The maximum absolute atomic E-state index is 10.8. The van der Waals surface area contributed by atoms with Crippen molar-refractivity contribution >= 4 is 38.6 Å². The van der Waals surface area contributed by atoms with Crippen molar-refractivity contribution < 1.29 is 4.92 Å². The fourth-order valence-electron chi connectivity index (χ4n) is 1.83. The zero-order chi connectivity index (χ0) is 15.6. The largest absolute Gasteiger partial charge is 0.380 e. The molecule has 0 amide bonds. The van der Waals surface area contributed by atoms with Crippen molar-refractivity contribution in [2.75, 3.05) is 5.32 Å². The van der Waals surface area contributed by atoms with Gasteiger partial charge in [-0.1, -0.05) is 20.8 Å². The lowest BCUT2D eigenvalue weighted by Gasteiger charge is -2.15. The molecule has 0 aliphatic carbocycles. The first-order valence-electron chi connectivity index (χ1n) is 6.54. The van der Waals surface area contributed by atoms with Crippen LogP contribution in [-0.2, 0) is 12.0 Å². The van der Waals surface area contributed by atoms with Gasteiger partial charge in [-0.15, -0.1) is 11.3 Å². The Morgan fingerprint density at radius 3 is 2.52 bits per heavy atom. The number of hydrogen-bond acceptors (Lipinski definition) is 4. The molecule has 4 nitrogen and oxygen atoms in total. The smallest absolute Gasteiger partial charge is 0.283 e. The number of anilines is 1. The molecule has 1 N–H and O–H groups in total. The van der Waals surface area contributed by atoms with E-state index in [-0.39, 0.29) is 11.1 Å². The van der Waals surface area contributed by atoms with Gasteiger partial charge in [0.2, 0.25) is 0 Å². The van der Waals surface area contributed by atoms with Gasteiger partial charge in [0.1, 0.15) is 0 Å². The highest BCUT2D eigenvalue weighted by atomic mass is 79.9. The Labute approximate surface area is 136 Å². The Morgan fingerprint density at radius 1 is 1.29 bits per heavy atom. The number of benzene rings is 1. The molecule has 1 heterocycles. The molecule has 0 radical (unpaired) electrons. The number of nitrogens with zero attached hydrogens (tertiary/aromatic N) is 1. The second-order valence-corrected chi connectivity index (χ2v) is 7.82. The van der Waals surface area contributed by atoms with Crippen LogP contribution in [0.15, 0.2) is 34.8 Å². The number of rotatable bonds is 4. The van der Waals surface area contributed by atoms with Crippen molar-refractivity contribution in [2.45, 2.75) is 32.7 Å². The van der Waals surface area contributed by atoms with Gasteiger partial charge in [0.15, 0.2) is 0 Å². The lowest BCUT2D eigenvalue weighted by atomic mass is 9.95. The summed E-state index contributed by atoms with van der Waals surface area (Å²) in [7, 11) is 0. The molecule has 0 bridgehead atoms. The second-order valence-electron chi connectivity index (χ2n) is 5.79. The zero-order valence-electron chi connectivity index (χ0n) is 12.1. The Kier molecular flexibility index (Phi) is 4.68. The van der Waals surface area contributed by atoms with Crippen molar-refractivity contribution in [1.29, 1.82) is 0 Å². The average Bonchev–Trinajstić information content (AvgIpc) is 2.84. The van der Waals surface area contributed by atoms with Crippen LogP contribution in [0.4, 0.5) is 11.4 Å². The molecular formula is C15H17BrN2O2S. The molecule has 0 atom stereocenters. The van der Waals surface area contributed by atoms with Crippen molar-refractivity contribution in [3.63, 3.8) is 0 Å². The Balaban J connectivity index is 2.05. The van der Waals surface area contributed by atoms with Crippen LogP contribution in [0.25, 0.3) is 0 Å². The molecule has 0 aliphatic rings. The molecule has 0 fully saturated rings. The van der Waals surface area contributed by atoms with Crippen molar-refractivity contribution in [3.8, 4) is 0 Å². The normalized spacial score (nSPS) is 11.4. The number of halogens is 1. The third-order valence-corrected chi connectivity index (χ3v) is 5.16. The fourth-order valence-corrected chi connectivity index (χ4v) is 3.36. The van der Waals surface area contributed by atoms with E-state index in [4.69, 9.17) is 0 Å². The van der Waals surface area contributed by atoms with E-state index in [0.29, 0.717) is 11.0 Å². The number of nitro benzene ring substituents is 1. The van der Waals surface area contributed by atoms with Crippen molar-refractivity contribution in [1.82, 2.24) is 0 Å². The molecule has 2 rings (SSSR count). The van der Waals surface area contributed by atoms with E-state index in [1.807, 2.05) is 0 Å². The molecule has 2 aromatic rings. The van der Waals surface area contributed by atoms with E-state index in [2.05, 4.69) is 54.2 Å². The summed E-state index contributed by atoms with van der Waals surface area (Å²) in [4.78, 5) is 13.0. The first-order valence-corrected chi connectivity index (χ1v) is 8.15. The molecule has 6 heteroatoms. The van der Waals surface area contributed by atoms with Gasteiger partial charge in [-0.2, -0.15) is 0 Å². The second kappa shape index (κ2) is 6.15. The third-order valence-electron chi connectivity index (χ3n) is 3.01. The van der Waals surface area contributed by atoms with E-state index >= 15 is 0 Å². The van der Waals surface area contributed by atoms with Crippen LogP contribution in [0.5, 0.6) is 0 Å². The topological polar surface area (TPSA) is 55.2 Å². The predicted molar refractivity (Wildman–Crippen MR) is 91.1 cm³/mol. The Morgan fingerprint density at radius 2 is 2.00 bits per heavy atom. The number of thiophene rings is 1. The van der Waals surface area contributed by atoms with E-state index in [1.165, 1.54) is 15.8 Å². The van der Waals surface area contributed by atoms with E-state index in [9.17, 15) is 10.1 Å². The summed E-state index contributed by atoms with van der Waals surface area (Å²) in [6.45, 7) is 7.31. The minimum atomic E-state index is -0.400. The highest BCUT2D eigenvalue weighted by Gasteiger charge is 2.16. The first-order chi connectivity index (χ1) is 9.77. The third kappa shape index (κ3) is 4.04. The molecule has 21 heavy (non-hydrogen) atoms.